The Kier molecular flexibility index (Phi) is 6.30. The number of ether oxygens (including phenoxy) is 1. The van der Waals surface area contributed by atoms with E-state index in [1.165, 1.54) is 11.1 Å². The van der Waals surface area contributed by atoms with E-state index in [-0.39, 0.29) is 31.0 Å². The third-order valence-electron chi connectivity index (χ3n) is 3.81. The molecule has 1 saturated heterocycles. The Balaban J connectivity index is 0.00000200. The number of likely N-dealkylation sites (tertiary alicyclic amines) is 1. The zero-order chi connectivity index (χ0) is 13.8. The predicted octanol–water partition coefficient (Wildman–Crippen LogP) is 2.05. The molecule has 1 aliphatic rings. The average molecular weight is 299 g/mol. The SMILES string of the molecule is Cc1ccc(OCC(=O)N2CCCC2CN)cc1C.Cl. The summed E-state index contributed by atoms with van der Waals surface area (Å²) < 4.78 is 5.58. The highest BCUT2D eigenvalue weighted by molar-refractivity contribution is 5.85. The number of aryl methyl sites for hydroxylation is 2. The molecule has 0 aromatic heterocycles. The Morgan fingerprint density at radius 2 is 2.15 bits per heavy atom. The van der Waals surface area contributed by atoms with Gasteiger partial charge in [-0.2, -0.15) is 0 Å². The highest BCUT2D eigenvalue weighted by Crippen LogP contribution is 2.18. The number of rotatable bonds is 4. The first-order valence-electron chi connectivity index (χ1n) is 6.81. The van der Waals surface area contributed by atoms with Crippen molar-refractivity contribution in [1.82, 2.24) is 4.90 Å². The van der Waals surface area contributed by atoms with Crippen LogP contribution < -0.4 is 10.5 Å². The molecule has 1 aliphatic heterocycles. The van der Waals surface area contributed by atoms with Crippen molar-refractivity contribution in [2.24, 2.45) is 5.73 Å². The van der Waals surface area contributed by atoms with Crippen molar-refractivity contribution in [3.63, 3.8) is 0 Å². The molecule has 0 radical (unpaired) electrons. The number of hydrogen-bond acceptors (Lipinski definition) is 3. The van der Waals surface area contributed by atoms with E-state index in [0.717, 1.165) is 25.1 Å². The first kappa shape index (κ1) is 16.8. The maximum Gasteiger partial charge on any atom is 0.260 e. The minimum absolute atomic E-state index is 0. The molecular formula is C15H23ClN2O2. The van der Waals surface area contributed by atoms with Crippen LogP contribution in [0, 0.1) is 13.8 Å². The van der Waals surface area contributed by atoms with Gasteiger partial charge in [-0.3, -0.25) is 4.79 Å². The van der Waals surface area contributed by atoms with Gasteiger partial charge < -0.3 is 15.4 Å². The monoisotopic (exact) mass is 298 g/mol. The number of amides is 1. The summed E-state index contributed by atoms with van der Waals surface area (Å²) in [6, 6.07) is 6.07. The van der Waals surface area contributed by atoms with Crippen LogP contribution in [0.5, 0.6) is 5.75 Å². The first-order valence-corrected chi connectivity index (χ1v) is 6.81. The molecule has 1 aromatic carbocycles. The Hall–Kier alpha value is -1.26. The van der Waals surface area contributed by atoms with Crippen molar-refractivity contribution in [2.75, 3.05) is 19.7 Å². The summed E-state index contributed by atoms with van der Waals surface area (Å²) in [7, 11) is 0. The Labute approximate surface area is 126 Å². The lowest BCUT2D eigenvalue weighted by Crippen LogP contribution is -2.42. The van der Waals surface area contributed by atoms with Gasteiger partial charge in [0.15, 0.2) is 6.61 Å². The van der Waals surface area contributed by atoms with Crippen LogP contribution in [-0.2, 0) is 4.79 Å². The molecule has 1 amide bonds. The number of carbonyl (C=O) groups is 1. The van der Waals surface area contributed by atoms with Crippen molar-refractivity contribution in [2.45, 2.75) is 32.7 Å². The fourth-order valence-corrected chi connectivity index (χ4v) is 2.44. The van der Waals surface area contributed by atoms with Crippen LogP contribution in [0.4, 0.5) is 0 Å². The normalized spacial score (nSPS) is 17.8. The molecule has 2 N–H and O–H groups in total. The van der Waals surface area contributed by atoms with E-state index in [0.29, 0.717) is 6.54 Å². The summed E-state index contributed by atoms with van der Waals surface area (Å²) in [6.45, 7) is 5.53. The summed E-state index contributed by atoms with van der Waals surface area (Å²) in [6.07, 6.45) is 2.04. The summed E-state index contributed by atoms with van der Waals surface area (Å²) >= 11 is 0. The molecule has 1 unspecified atom stereocenters. The maximum atomic E-state index is 12.1. The van der Waals surface area contributed by atoms with Crippen LogP contribution in [0.15, 0.2) is 18.2 Å². The second-order valence-corrected chi connectivity index (χ2v) is 5.15. The van der Waals surface area contributed by atoms with Gasteiger partial charge in [-0.1, -0.05) is 6.07 Å². The minimum atomic E-state index is 0. The van der Waals surface area contributed by atoms with E-state index >= 15 is 0 Å². The molecule has 5 heteroatoms. The van der Waals surface area contributed by atoms with Crippen LogP contribution in [0.3, 0.4) is 0 Å². The van der Waals surface area contributed by atoms with Crippen molar-refractivity contribution < 1.29 is 9.53 Å². The zero-order valence-electron chi connectivity index (χ0n) is 12.1. The Bertz CT molecular complexity index is 465. The predicted molar refractivity (Wildman–Crippen MR) is 82.4 cm³/mol. The van der Waals surface area contributed by atoms with Gasteiger partial charge in [0.25, 0.3) is 5.91 Å². The van der Waals surface area contributed by atoms with Crippen LogP contribution in [0.1, 0.15) is 24.0 Å². The summed E-state index contributed by atoms with van der Waals surface area (Å²) in [5.74, 6) is 0.783. The molecule has 0 spiro atoms. The van der Waals surface area contributed by atoms with E-state index in [4.69, 9.17) is 10.5 Å². The lowest BCUT2D eigenvalue weighted by atomic mass is 10.1. The van der Waals surface area contributed by atoms with Crippen LogP contribution in [0.2, 0.25) is 0 Å². The molecule has 0 bridgehead atoms. The number of nitrogens with two attached hydrogens (primary N) is 1. The molecule has 2 rings (SSSR count). The van der Waals surface area contributed by atoms with Gasteiger partial charge in [-0.05, 0) is 49.9 Å². The summed E-state index contributed by atoms with van der Waals surface area (Å²) in [5, 5.41) is 0. The topological polar surface area (TPSA) is 55.6 Å². The zero-order valence-corrected chi connectivity index (χ0v) is 12.9. The molecule has 20 heavy (non-hydrogen) atoms. The Morgan fingerprint density at radius 3 is 2.80 bits per heavy atom. The van der Waals surface area contributed by atoms with Crippen molar-refractivity contribution in [3.05, 3.63) is 29.3 Å². The Morgan fingerprint density at radius 1 is 1.40 bits per heavy atom. The van der Waals surface area contributed by atoms with Crippen LogP contribution in [0.25, 0.3) is 0 Å². The summed E-state index contributed by atoms with van der Waals surface area (Å²) in [5.41, 5.74) is 8.07. The van der Waals surface area contributed by atoms with Crippen molar-refractivity contribution in [1.29, 1.82) is 0 Å². The molecule has 1 atom stereocenters. The van der Waals surface area contributed by atoms with Gasteiger partial charge in [0.1, 0.15) is 5.75 Å². The summed E-state index contributed by atoms with van der Waals surface area (Å²) in [4.78, 5) is 13.9. The average Bonchev–Trinajstić information content (AvgIpc) is 2.88. The first-order chi connectivity index (χ1) is 9.11. The molecule has 0 aliphatic carbocycles. The number of carbonyl (C=O) groups excluding carboxylic acids is 1. The van der Waals surface area contributed by atoms with E-state index in [9.17, 15) is 4.79 Å². The van der Waals surface area contributed by atoms with E-state index in [2.05, 4.69) is 6.92 Å². The highest BCUT2D eigenvalue weighted by Gasteiger charge is 2.27. The second kappa shape index (κ2) is 7.50. The van der Waals surface area contributed by atoms with Gasteiger partial charge in [-0.25, -0.2) is 0 Å². The molecule has 1 fully saturated rings. The van der Waals surface area contributed by atoms with Gasteiger partial charge in [0.2, 0.25) is 0 Å². The smallest absolute Gasteiger partial charge is 0.260 e. The quantitative estimate of drug-likeness (QED) is 0.925. The molecule has 1 heterocycles. The van der Waals surface area contributed by atoms with Gasteiger partial charge in [-0.15, -0.1) is 12.4 Å². The lowest BCUT2D eigenvalue weighted by molar-refractivity contribution is -0.134. The number of nitrogens with zero attached hydrogens (tertiary/aromatic N) is 1. The molecule has 4 nitrogen and oxygen atoms in total. The third-order valence-corrected chi connectivity index (χ3v) is 3.81. The molecule has 112 valence electrons. The van der Waals surface area contributed by atoms with E-state index < -0.39 is 0 Å². The van der Waals surface area contributed by atoms with Crippen molar-refractivity contribution >= 4 is 18.3 Å². The van der Waals surface area contributed by atoms with Crippen LogP contribution >= 0.6 is 12.4 Å². The molecule has 0 saturated carbocycles. The largest absolute Gasteiger partial charge is 0.484 e. The van der Waals surface area contributed by atoms with Crippen molar-refractivity contribution in [3.8, 4) is 5.75 Å². The van der Waals surface area contributed by atoms with Gasteiger partial charge >= 0.3 is 0 Å². The maximum absolute atomic E-state index is 12.1. The molecule has 1 aromatic rings. The fourth-order valence-electron chi connectivity index (χ4n) is 2.44. The second-order valence-electron chi connectivity index (χ2n) is 5.15. The van der Waals surface area contributed by atoms with Gasteiger partial charge in [0, 0.05) is 19.1 Å². The lowest BCUT2D eigenvalue weighted by Gasteiger charge is -2.23. The third kappa shape index (κ3) is 3.87. The van der Waals surface area contributed by atoms with E-state index in [1.54, 1.807) is 0 Å². The van der Waals surface area contributed by atoms with E-state index in [1.807, 2.05) is 30.0 Å². The number of halogens is 1. The number of benzene rings is 1. The number of hydrogen-bond donors (Lipinski definition) is 1. The highest BCUT2D eigenvalue weighted by atomic mass is 35.5. The fraction of sp³-hybridized carbons (Fsp3) is 0.533. The minimum Gasteiger partial charge on any atom is -0.484 e. The van der Waals surface area contributed by atoms with Crippen LogP contribution in [-0.4, -0.2) is 36.5 Å². The van der Waals surface area contributed by atoms with Gasteiger partial charge in [0.05, 0.1) is 0 Å². The molecular weight excluding hydrogens is 276 g/mol. The standard InChI is InChI=1S/C15H22N2O2.ClH/c1-11-5-6-14(8-12(11)2)19-10-15(18)17-7-3-4-13(17)9-16;/h5-6,8,13H,3-4,7,9-10,16H2,1-2H3;1H.